The Balaban J connectivity index is 1.60. The maximum Gasteiger partial charge on any atom is 0.224 e. The molecular weight excluding hydrogens is 298 g/mol. The topological polar surface area (TPSA) is 38.3 Å². The van der Waals surface area contributed by atoms with Crippen LogP contribution in [0.5, 0.6) is 0 Å². The first-order valence-electron chi connectivity index (χ1n) is 8.08. The van der Waals surface area contributed by atoms with Crippen molar-refractivity contribution in [2.24, 2.45) is 0 Å². The maximum atomic E-state index is 12.2. The maximum absolute atomic E-state index is 12.2. The van der Waals surface area contributed by atoms with Crippen molar-refractivity contribution in [3.63, 3.8) is 0 Å². The van der Waals surface area contributed by atoms with Gasteiger partial charge in [-0.3, -0.25) is 4.79 Å². The molecule has 0 saturated heterocycles. The van der Waals surface area contributed by atoms with Gasteiger partial charge in [0.2, 0.25) is 5.91 Å². The lowest BCUT2D eigenvalue weighted by Gasteiger charge is -2.16. The zero-order valence-corrected chi connectivity index (χ0v) is 13.7. The van der Waals surface area contributed by atoms with Crippen molar-refractivity contribution < 1.29 is 9.53 Å². The Labute approximate surface area is 142 Å². The first kappa shape index (κ1) is 16.2. The van der Waals surface area contributed by atoms with E-state index in [-0.39, 0.29) is 12.0 Å². The molecule has 0 aromatic heterocycles. The third-order valence-electron chi connectivity index (χ3n) is 4.12. The van der Waals surface area contributed by atoms with Crippen LogP contribution in [0.4, 0.5) is 0 Å². The van der Waals surface area contributed by atoms with Crippen molar-refractivity contribution in [2.45, 2.75) is 12.5 Å². The van der Waals surface area contributed by atoms with E-state index in [1.165, 1.54) is 5.39 Å². The quantitative estimate of drug-likeness (QED) is 0.748. The minimum atomic E-state index is -0.133. The average Bonchev–Trinajstić information content (AvgIpc) is 2.63. The van der Waals surface area contributed by atoms with E-state index < -0.39 is 0 Å². The van der Waals surface area contributed by atoms with Crippen LogP contribution in [0.3, 0.4) is 0 Å². The monoisotopic (exact) mass is 319 g/mol. The minimum absolute atomic E-state index is 0.00302. The number of hydrogen-bond acceptors (Lipinski definition) is 2. The second-order valence-corrected chi connectivity index (χ2v) is 5.80. The summed E-state index contributed by atoms with van der Waals surface area (Å²) in [5.74, 6) is 0.00302. The van der Waals surface area contributed by atoms with Crippen LogP contribution in [0.2, 0.25) is 0 Å². The van der Waals surface area contributed by atoms with Gasteiger partial charge >= 0.3 is 0 Å². The molecule has 0 aliphatic carbocycles. The lowest BCUT2D eigenvalue weighted by molar-refractivity contribution is -0.121. The fraction of sp³-hybridized carbons (Fsp3) is 0.190. The SMILES string of the molecule is COC(CNC(=O)Cc1ccc2ccccc2c1)c1ccccc1. The molecule has 1 unspecified atom stereocenters. The van der Waals surface area contributed by atoms with Gasteiger partial charge in [0.25, 0.3) is 0 Å². The van der Waals surface area contributed by atoms with Crippen LogP contribution in [0, 0.1) is 0 Å². The third kappa shape index (κ3) is 4.00. The molecule has 24 heavy (non-hydrogen) atoms. The first-order chi connectivity index (χ1) is 11.8. The molecule has 0 fully saturated rings. The fourth-order valence-electron chi connectivity index (χ4n) is 2.81. The second-order valence-electron chi connectivity index (χ2n) is 5.80. The third-order valence-corrected chi connectivity index (χ3v) is 4.12. The summed E-state index contributed by atoms with van der Waals surface area (Å²) in [4.78, 5) is 12.2. The summed E-state index contributed by atoms with van der Waals surface area (Å²) < 4.78 is 5.48. The molecule has 0 bridgehead atoms. The van der Waals surface area contributed by atoms with Crippen LogP contribution in [0.1, 0.15) is 17.2 Å². The Morgan fingerprint density at radius 1 is 0.958 bits per heavy atom. The largest absolute Gasteiger partial charge is 0.375 e. The van der Waals surface area contributed by atoms with Crippen LogP contribution in [-0.2, 0) is 16.0 Å². The van der Waals surface area contributed by atoms with Crippen molar-refractivity contribution in [3.05, 3.63) is 83.9 Å². The number of methoxy groups -OCH3 is 1. The van der Waals surface area contributed by atoms with E-state index in [0.717, 1.165) is 16.5 Å². The Hall–Kier alpha value is -2.65. The van der Waals surface area contributed by atoms with Gasteiger partial charge in [-0.05, 0) is 21.9 Å². The highest BCUT2D eigenvalue weighted by atomic mass is 16.5. The van der Waals surface area contributed by atoms with Crippen LogP contribution in [0.15, 0.2) is 72.8 Å². The van der Waals surface area contributed by atoms with Crippen molar-refractivity contribution in [1.29, 1.82) is 0 Å². The number of carbonyl (C=O) groups is 1. The highest BCUT2D eigenvalue weighted by Crippen LogP contribution is 2.17. The number of fused-ring (bicyclic) bond motifs is 1. The number of ether oxygens (including phenoxy) is 1. The molecule has 0 saturated carbocycles. The molecule has 3 aromatic carbocycles. The van der Waals surface area contributed by atoms with Gasteiger partial charge in [0.15, 0.2) is 0 Å². The number of amides is 1. The van der Waals surface area contributed by atoms with E-state index in [0.29, 0.717) is 13.0 Å². The molecule has 1 atom stereocenters. The summed E-state index contributed by atoms with van der Waals surface area (Å²) in [6, 6.07) is 24.2. The number of nitrogens with one attached hydrogen (secondary N) is 1. The van der Waals surface area contributed by atoms with Crippen LogP contribution in [0.25, 0.3) is 10.8 Å². The van der Waals surface area contributed by atoms with Crippen molar-refractivity contribution >= 4 is 16.7 Å². The molecule has 122 valence electrons. The Morgan fingerprint density at radius 3 is 2.42 bits per heavy atom. The van der Waals surface area contributed by atoms with Gasteiger partial charge in [0.05, 0.1) is 12.5 Å². The zero-order valence-electron chi connectivity index (χ0n) is 13.7. The Kier molecular flexibility index (Phi) is 5.24. The first-order valence-corrected chi connectivity index (χ1v) is 8.08. The van der Waals surface area contributed by atoms with E-state index in [1.54, 1.807) is 7.11 Å². The molecule has 3 heteroatoms. The highest BCUT2D eigenvalue weighted by Gasteiger charge is 2.12. The standard InChI is InChI=1S/C21H21NO2/c1-24-20(18-8-3-2-4-9-18)15-22-21(23)14-16-11-12-17-7-5-6-10-19(17)13-16/h2-13,20H,14-15H2,1H3,(H,22,23). The number of hydrogen-bond donors (Lipinski definition) is 1. The van der Waals surface area contributed by atoms with Gasteiger partial charge in [-0.15, -0.1) is 0 Å². The molecule has 0 aliphatic rings. The van der Waals surface area contributed by atoms with E-state index in [9.17, 15) is 4.79 Å². The molecule has 0 spiro atoms. The summed E-state index contributed by atoms with van der Waals surface area (Å²) in [6.07, 6.45) is 0.238. The van der Waals surface area contributed by atoms with Gasteiger partial charge in [-0.2, -0.15) is 0 Å². The molecule has 0 radical (unpaired) electrons. The van der Waals surface area contributed by atoms with Crippen LogP contribution < -0.4 is 5.32 Å². The predicted octanol–water partition coefficient (Wildman–Crippen LogP) is 3.89. The number of carbonyl (C=O) groups excluding carboxylic acids is 1. The van der Waals surface area contributed by atoms with Gasteiger partial charge < -0.3 is 10.1 Å². The Morgan fingerprint density at radius 2 is 1.67 bits per heavy atom. The van der Waals surface area contributed by atoms with Crippen LogP contribution >= 0.6 is 0 Å². The summed E-state index contributed by atoms with van der Waals surface area (Å²) >= 11 is 0. The predicted molar refractivity (Wildman–Crippen MR) is 96.9 cm³/mol. The van der Waals surface area contributed by atoms with E-state index in [2.05, 4.69) is 29.6 Å². The van der Waals surface area contributed by atoms with Gasteiger partial charge in [-0.25, -0.2) is 0 Å². The zero-order chi connectivity index (χ0) is 16.8. The molecule has 1 amide bonds. The fourth-order valence-corrected chi connectivity index (χ4v) is 2.81. The summed E-state index contributed by atoms with van der Waals surface area (Å²) in [7, 11) is 1.66. The molecule has 0 heterocycles. The van der Waals surface area contributed by atoms with Crippen molar-refractivity contribution in [2.75, 3.05) is 13.7 Å². The van der Waals surface area contributed by atoms with E-state index in [1.807, 2.05) is 48.5 Å². The van der Waals surface area contributed by atoms with Gasteiger partial charge in [0, 0.05) is 13.7 Å². The van der Waals surface area contributed by atoms with Gasteiger partial charge in [-0.1, -0.05) is 72.8 Å². The molecule has 1 N–H and O–H groups in total. The smallest absolute Gasteiger partial charge is 0.224 e. The minimum Gasteiger partial charge on any atom is -0.375 e. The van der Waals surface area contributed by atoms with Gasteiger partial charge in [0.1, 0.15) is 0 Å². The number of benzene rings is 3. The summed E-state index contributed by atoms with van der Waals surface area (Å²) in [6.45, 7) is 0.465. The summed E-state index contributed by atoms with van der Waals surface area (Å²) in [5, 5.41) is 5.30. The average molecular weight is 319 g/mol. The highest BCUT2D eigenvalue weighted by molar-refractivity contribution is 5.85. The van der Waals surface area contributed by atoms with Crippen LogP contribution in [-0.4, -0.2) is 19.6 Å². The number of rotatable bonds is 6. The lowest BCUT2D eigenvalue weighted by Crippen LogP contribution is -2.30. The lowest BCUT2D eigenvalue weighted by atomic mass is 10.0. The molecular formula is C21H21NO2. The molecule has 3 aromatic rings. The summed E-state index contributed by atoms with van der Waals surface area (Å²) in [5.41, 5.74) is 2.07. The second kappa shape index (κ2) is 7.75. The Bertz CT molecular complexity index is 814. The van der Waals surface area contributed by atoms with E-state index in [4.69, 9.17) is 4.74 Å². The van der Waals surface area contributed by atoms with Crippen molar-refractivity contribution in [1.82, 2.24) is 5.32 Å². The molecule has 3 rings (SSSR count). The molecule has 3 nitrogen and oxygen atoms in total. The van der Waals surface area contributed by atoms with E-state index >= 15 is 0 Å². The van der Waals surface area contributed by atoms with Crippen molar-refractivity contribution in [3.8, 4) is 0 Å². The molecule has 0 aliphatic heterocycles. The normalized spacial score (nSPS) is 12.0.